The number of carboxylic acid groups (broad SMARTS) is 1. The van der Waals surface area contributed by atoms with Crippen LogP contribution in [0.4, 0.5) is 5.69 Å². The molecule has 3 heterocycles. The summed E-state index contributed by atoms with van der Waals surface area (Å²) in [7, 11) is 4.54. The molecule has 0 saturated heterocycles. The fraction of sp³-hybridized carbons (Fsp3) is 0.250. The van der Waals surface area contributed by atoms with E-state index in [-0.39, 0.29) is 30.4 Å². The lowest BCUT2D eigenvalue weighted by Crippen LogP contribution is -2.26. The molecule has 2 aliphatic rings. The zero-order valence-corrected chi connectivity index (χ0v) is 18.7. The van der Waals surface area contributed by atoms with Crippen molar-refractivity contribution in [1.82, 2.24) is 4.57 Å². The molecule has 3 aromatic rings. The van der Waals surface area contributed by atoms with Crippen molar-refractivity contribution in [1.29, 1.82) is 0 Å². The van der Waals surface area contributed by atoms with Crippen LogP contribution in [0.3, 0.4) is 0 Å². The highest BCUT2D eigenvalue weighted by molar-refractivity contribution is 6.04. The number of carboxylic acids is 1. The van der Waals surface area contributed by atoms with Gasteiger partial charge >= 0.3 is 5.97 Å². The number of hydrogen-bond donors (Lipinski definition) is 2. The topological polar surface area (TPSA) is 117 Å². The van der Waals surface area contributed by atoms with E-state index in [0.717, 1.165) is 0 Å². The van der Waals surface area contributed by atoms with E-state index in [9.17, 15) is 14.7 Å². The number of aromatic nitrogens is 1. The molecule has 0 aliphatic carbocycles. The van der Waals surface area contributed by atoms with Crippen LogP contribution in [-0.4, -0.2) is 49.7 Å². The van der Waals surface area contributed by atoms with Gasteiger partial charge in [0.1, 0.15) is 11.3 Å². The van der Waals surface area contributed by atoms with Crippen molar-refractivity contribution in [2.75, 3.05) is 33.4 Å². The van der Waals surface area contributed by atoms with Gasteiger partial charge in [0.25, 0.3) is 0 Å². The van der Waals surface area contributed by atoms with Gasteiger partial charge in [-0.25, -0.2) is 4.79 Å². The Hall–Kier alpha value is -4.34. The first-order chi connectivity index (χ1) is 16.5. The van der Waals surface area contributed by atoms with Crippen LogP contribution in [-0.2, 0) is 4.79 Å². The second kappa shape index (κ2) is 8.22. The van der Waals surface area contributed by atoms with Gasteiger partial charge in [-0.15, -0.1) is 0 Å². The van der Waals surface area contributed by atoms with Gasteiger partial charge in [-0.2, -0.15) is 0 Å². The average Bonchev–Trinajstić information content (AvgIpc) is 3.47. The number of benzene rings is 2. The zero-order chi connectivity index (χ0) is 24.0. The molecule has 2 aromatic carbocycles. The zero-order valence-electron chi connectivity index (χ0n) is 18.7. The minimum Gasteiger partial charge on any atom is -0.497 e. The number of carbonyl (C=O) groups excluding carboxylic acids is 1. The molecule has 0 spiro atoms. The number of fused-ring (bicyclic) bond motifs is 2. The Bertz CT molecular complexity index is 1310. The van der Waals surface area contributed by atoms with E-state index >= 15 is 0 Å². The van der Waals surface area contributed by atoms with Crippen LogP contribution in [0.1, 0.15) is 34.0 Å². The SMILES string of the molecule is COc1cccc(-n2cc(C(=O)O)c3c2[C@H](c2cc4c(c(OC)c2OC)OCO4)CC(=O)N3)c1. The molecule has 34 heavy (non-hydrogen) atoms. The van der Waals surface area contributed by atoms with Gasteiger partial charge in [0, 0.05) is 35.9 Å². The summed E-state index contributed by atoms with van der Waals surface area (Å²) in [5.41, 5.74) is 2.08. The van der Waals surface area contributed by atoms with Crippen LogP contribution < -0.4 is 29.0 Å². The van der Waals surface area contributed by atoms with E-state index in [1.807, 2.05) is 12.1 Å². The molecule has 5 rings (SSSR count). The lowest BCUT2D eigenvalue weighted by atomic mass is 9.87. The van der Waals surface area contributed by atoms with Gasteiger partial charge in [-0.1, -0.05) is 6.07 Å². The maximum Gasteiger partial charge on any atom is 0.339 e. The van der Waals surface area contributed by atoms with Crippen LogP contribution >= 0.6 is 0 Å². The Morgan fingerprint density at radius 3 is 2.62 bits per heavy atom. The van der Waals surface area contributed by atoms with Crippen molar-refractivity contribution in [3.63, 3.8) is 0 Å². The van der Waals surface area contributed by atoms with Gasteiger partial charge in [0.2, 0.25) is 24.2 Å². The van der Waals surface area contributed by atoms with Gasteiger partial charge in [0.15, 0.2) is 11.5 Å². The van der Waals surface area contributed by atoms with Crippen LogP contribution in [0.2, 0.25) is 0 Å². The Morgan fingerprint density at radius 1 is 1.12 bits per heavy atom. The lowest BCUT2D eigenvalue weighted by molar-refractivity contribution is -0.116. The standard InChI is InChI=1S/C24H22N2O8/c1-30-13-6-4-5-12(7-13)26-10-16(24(28)29)19-20(26)14(9-18(27)25-19)15-8-17-22(34-11-33-17)23(32-3)21(15)31-2/h4-8,10,14H,9,11H2,1-3H3,(H,25,27)(H,28,29)/t14-/m0/s1. The van der Waals surface area contributed by atoms with E-state index in [4.69, 9.17) is 23.7 Å². The average molecular weight is 466 g/mol. The van der Waals surface area contributed by atoms with Crippen LogP contribution in [0.25, 0.3) is 5.69 Å². The fourth-order valence-electron chi connectivity index (χ4n) is 4.53. The summed E-state index contributed by atoms with van der Waals surface area (Å²) in [6.07, 6.45) is 1.55. The van der Waals surface area contributed by atoms with Crippen molar-refractivity contribution in [3.8, 4) is 34.4 Å². The van der Waals surface area contributed by atoms with Crippen molar-refractivity contribution in [2.45, 2.75) is 12.3 Å². The largest absolute Gasteiger partial charge is 0.497 e. The summed E-state index contributed by atoms with van der Waals surface area (Å²) in [5, 5.41) is 12.6. The minimum absolute atomic E-state index is 0.0254. The second-order valence-corrected chi connectivity index (χ2v) is 7.75. The number of hydrogen-bond acceptors (Lipinski definition) is 7. The molecular formula is C24H22N2O8. The smallest absolute Gasteiger partial charge is 0.339 e. The molecule has 10 heteroatoms. The molecule has 2 N–H and O–H groups in total. The number of amides is 1. The molecule has 0 saturated carbocycles. The second-order valence-electron chi connectivity index (χ2n) is 7.75. The number of rotatable bonds is 6. The van der Waals surface area contributed by atoms with Crippen LogP contribution in [0, 0.1) is 0 Å². The third-order valence-electron chi connectivity index (χ3n) is 5.98. The monoisotopic (exact) mass is 466 g/mol. The highest BCUT2D eigenvalue weighted by Gasteiger charge is 2.38. The van der Waals surface area contributed by atoms with Crippen molar-refractivity contribution >= 4 is 17.6 Å². The summed E-state index contributed by atoms with van der Waals surface area (Å²) in [6.45, 7) is 0.0258. The summed E-state index contributed by atoms with van der Waals surface area (Å²) in [4.78, 5) is 24.9. The normalized spacial score (nSPS) is 16.0. The third kappa shape index (κ3) is 3.26. The molecule has 1 amide bonds. The van der Waals surface area contributed by atoms with Crippen molar-refractivity contribution in [3.05, 3.63) is 53.3 Å². The number of carbonyl (C=O) groups is 2. The molecular weight excluding hydrogens is 444 g/mol. The first-order valence-corrected chi connectivity index (χ1v) is 10.4. The summed E-state index contributed by atoms with van der Waals surface area (Å²) in [6, 6.07) is 8.97. The van der Waals surface area contributed by atoms with Crippen LogP contribution in [0.5, 0.6) is 28.7 Å². The van der Waals surface area contributed by atoms with E-state index in [0.29, 0.717) is 45.7 Å². The van der Waals surface area contributed by atoms with Crippen molar-refractivity contribution in [2.24, 2.45) is 0 Å². The minimum atomic E-state index is -1.16. The molecule has 176 valence electrons. The highest BCUT2D eigenvalue weighted by Crippen LogP contribution is 2.54. The molecule has 2 aliphatic heterocycles. The first-order valence-electron chi connectivity index (χ1n) is 10.4. The summed E-state index contributed by atoms with van der Waals surface area (Å²) >= 11 is 0. The molecule has 10 nitrogen and oxygen atoms in total. The Labute approximate surface area is 194 Å². The van der Waals surface area contributed by atoms with Crippen molar-refractivity contribution < 1.29 is 38.4 Å². The fourth-order valence-corrected chi connectivity index (χ4v) is 4.53. The van der Waals surface area contributed by atoms with E-state index in [2.05, 4.69) is 5.32 Å². The Kier molecular flexibility index (Phi) is 5.20. The quantitative estimate of drug-likeness (QED) is 0.568. The molecule has 1 atom stereocenters. The highest BCUT2D eigenvalue weighted by atomic mass is 16.7. The first kappa shape index (κ1) is 21.5. The number of ether oxygens (including phenoxy) is 5. The Morgan fingerprint density at radius 2 is 1.91 bits per heavy atom. The number of aromatic carboxylic acids is 1. The maximum absolute atomic E-state index is 12.8. The maximum atomic E-state index is 12.8. The van der Waals surface area contributed by atoms with Gasteiger partial charge in [-0.05, 0) is 18.2 Å². The number of nitrogens with zero attached hydrogens (tertiary/aromatic N) is 1. The van der Waals surface area contributed by atoms with Gasteiger partial charge in [0.05, 0.1) is 32.7 Å². The number of anilines is 1. The molecule has 0 bridgehead atoms. The molecule has 1 aromatic heterocycles. The number of methoxy groups -OCH3 is 3. The summed E-state index contributed by atoms with van der Waals surface area (Å²) < 4.78 is 29.5. The third-order valence-corrected chi connectivity index (χ3v) is 5.98. The predicted octanol–water partition coefficient (Wildman–Crippen LogP) is 3.40. The van der Waals surface area contributed by atoms with E-state index < -0.39 is 11.9 Å². The lowest BCUT2D eigenvalue weighted by Gasteiger charge is -2.28. The van der Waals surface area contributed by atoms with E-state index in [1.165, 1.54) is 20.4 Å². The van der Waals surface area contributed by atoms with Gasteiger partial charge < -0.3 is 38.7 Å². The molecule has 0 fully saturated rings. The Balaban J connectivity index is 1.79. The van der Waals surface area contributed by atoms with E-state index in [1.54, 1.807) is 29.9 Å². The number of nitrogens with one attached hydrogen (secondary N) is 1. The van der Waals surface area contributed by atoms with Crippen LogP contribution in [0.15, 0.2) is 36.5 Å². The molecule has 0 unspecified atom stereocenters. The summed E-state index contributed by atoms with van der Waals surface area (Å²) in [5.74, 6) is 0.162. The predicted molar refractivity (Wildman–Crippen MR) is 120 cm³/mol. The van der Waals surface area contributed by atoms with Gasteiger partial charge in [-0.3, -0.25) is 4.79 Å². The molecule has 0 radical (unpaired) electrons.